The Morgan fingerprint density at radius 3 is 2.88 bits per heavy atom. The topological polar surface area (TPSA) is 63.3 Å². The van der Waals surface area contributed by atoms with Crippen LogP contribution in [-0.4, -0.2) is 87.9 Å². The van der Waals surface area contributed by atoms with Crippen molar-refractivity contribution in [2.24, 2.45) is 0 Å². The van der Waals surface area contributed by atoms with Crippen LogP contribution in [0.1, 0.15) is 0 Å². The summed E-state index contributed by atoms with van der Waals surface area (Å²) in [5.41, 5.74) is 0. The van der Waals surface area contributed by atoms with Crippen molar-refractivity contribution < 1.29 is 19.0 Å². The van der Waals surface area contributed by atoms with Crippen LogP contribution in [-0.2, 0) is 9.53 Å². The minimum absolute atomic E-state index is 0.00737. The Bertz CT molecular complexity index is 581. The van der Waals surface area contributed by atoms with Crippen LogP contribution >= 0.6 is 0 Å². The van der Waals surface area contributed by atoms with Crippen molar-refractivity contribution in [2.75, 3.05) is 60.0 Å². The number of likely N-dealkylation sites (N-methyl/N-ethyl adjacent to an activating group) is 1. The molecule has 7 heteroatoms. The van der Waals surface area contributed by atoms with Gasteiger partial charge in [0.25, 0.3) is 0 Å². The van der Waals surface area contributed by atoms with Gasteiger partial charge >= 0.3 is 0 Å². The number of ether oxygens (including phenoxy) is 3. The Labute approximate surface area is 148 Å². The minimum Gasteiger partial charge on any atom is -0.486 e. The van der Waals surface area contributed by atoms with Crippen molar-refractivity contribution in [1.82, 2.24) is 15.1 Å². The molecule has 0 spiro atoms. The van der Waals surface area contributed by atoms with E-state index in [0.29, 0.717) is 26.3 Å². The third kappa shape index (κ3) is 5.32. The molecule has 3 rings (SSSR count). The molecule has 1 aromatic carbocycles. The van der Waals surface area contributed by atoms with Gasteiger partial charge in [0, 0.05) is 19.6 Å². The van der Waals surface area contributed by atoms with Gasteiger partial charge in [-0.05, 0) is 26.2 Å². The van der Waals surface area contributed by atoms with Crippen LogP contribution in [0, 0.1) is 0 Å². The number of nitrogens with zero attached hydrogens (tertiary/aromatic N) is 2. The molecular formula is C18H27N3O4. The first kappa shape index (κ1) is 18.0. The fourth-order valence-electron chi connectivity index (χ4n) is 3.09. The number of hydrogen-bond donors (Lipinski definition) is 1. The molecule has 7 nitrogen and oxygen atoms in total. The molecule has 1 N–H and O–H groups in total. The van der Waals surface area contributed by atoms with Gasteiger partial charge in [-0.25, -0.2) is 0 Å². The summed E-state index contributed by atoms with van der Waals surface area (Å²) in [6.07, 6.45) is -0.00634. The molecule has 25 heavy (non-hydrogen) atoms. The molecule has 138 valence electrons. The van der Waals surface area contributed by atoms with E-state index in [4.69, 9.17) is 14.2 Å². The first-order chi connectivity index (χ1) is 12.1. The zero-order valence-electron chi connectivity index (χ0n) is 14.9. The van der Waals surface area contributed by atoms with E-state index >= 15 is 0 Å². The molecule has 2 heterocycles. The van der Waals surface area contributed by atoms with Crippen LogP contribution in [0.3, 0.4) is 0 Å². The lowest BCUT2D eigenvalue weighted by atomic mass is 10.2. The summed E-state index contributed by atoms with van der Waals surface area (Å²) in [5, 5.41) is 2.95. The number of rotatable bonds is 6. The third-order valence-electron chi connectivity index (χ3n) is 4.25. The number of benzene rings is 1. The van der Waals surface area contributed by atoms with Crippen LogP contribution in [0.2, 0.25) is 0 Å². The second-order valence-corrected chi connectivity index (χ2v) is 6.79. The van der Waals surface area contributed by atoms with Crippen LogP contribution in [0.5, 0.6) is 11.5 Å². The summed E-state index contributed by atoms with van der Waals surface area (Å²) in [5.74, 6) is 1.49. The highest BCUT2D eigenvalue weighted by Crippen LogP contribution is 2.30. The first-order valence-corrected chi connectivity index (χ1v) is 8.74. The lowest BCUT2D eigenvalue weighted by Crippen LogP contribution is -2.50. The quantitative estimate of drug-likeness (QED) is 0.792. The highest BCUT2D eigenvalue weighted by molar-refractivity contribution is 5.78. The highest BCUT2D eigenvalue weighted by atomic mass is 16.6. The Balaban J connectivity index is 1.40. The van der Waals surface area contributed by atoms with E-state index in [1.165, 1.54) is 0 Å². The Morgan fingerprint density at radius 1 is 1.28 bits per heavy atom. The molecule has 2 atom stereocenters. The van der Waals surface area contributed by atoms with E-state index in [1.54, 1.807) is 0 Å². The lowest BCUT2D eigenvalue weighted by Gasteiger charge is -2.33. The van der Waals surface area contributed by atoms with Crippen molar-refractivity contribution >= 4 is 5.91 Å². The van der Waals surface area contributed by atoms with Gasteiger partial charge < -0.3 is 24.4 Å². The highest BCUT2D eigenvalue weighted by Gasteiger charge is 2.24. The largest absolute Gasteiger partial charge is 0.486 e. The van der Waals surface area contributed by atoms with Gasteiger partial charge in [-0.1, -0.05) is 12.1 Å². The fourth-order valence-corrected chi connectivity index (χ4v) is 3.09. The van der Waals surface area contributed by atoms with Crippen molar-refractivity contribution in [3.05, 3.63) is 24.3 Å². The zero-order valence-corrected chi connectivity index (χ0v) is 14.9. The van der Waals surface area contributed by atoms with Gasteiger partial charge in [0.1, 0.15) is 12.7 Å². The standard InChI is InChI=1S/C18H27N3O4/c1-20(2)10-15-11-21(7-8-23-15)12-18(22)19-9-14-13-24-16-5-3-4-6-17(16)25-14/h3-6,14-15H,7-13H2,1-2H3,(H,19,22)/t14-,15-/m1/s1. The number of carbonyl (C=O) groups excluding carboxylic acids is 1. The molecule has 1 aromatic rings. The predicted octanol–water partition coefficient (Wildman–Crippen LogP) is 0.205. The van der Waals surface area contributed by atoms with Gasteiger partial charge in [0.05, 0.1) is 25.8 Å². The third-order valence-corrected chi connectivity index (χ3v) is 4.25. The summed E-state index contributed by atoms with van der Waals surface area (Å²) in [6.45, 7) is 4.37. The van der Waals surface area contributed by atoms with Crippen LogP contribution < -0.4 is 14.8 Å². The Morgan fingerprint density at radius 2 is 2.08 bits per heavy atom. The van der Waals surface area contributed by atoms with E-state index in [2.05, 4.69) is 15.1 Å². The molecule has 1 fully saturated rings. The first-order valence-electron chi connectivity index (χ1n) is 8.74. The van der Waals surface area contributed by atoms with Crippen LogP contribution in [0.15, 0.2) is 24.3 Å². The lowest BCUT2D eigenvalue weighted by molar-refractivity contribution is -0.125. The van der Waals surface area contributed by atoms with E-state index < -0.39 is 0 Å². The maximum Gasteiger partial charge on any atom is 0.234 e. The molecular weight excluding hydrogens is 322 g/mol. The maximum absolute atomic E-state index is 12.2. The Kier molecular flexibility index (Phi) is 6.12. The molecule has 1 amide bonds. The fraction of sp³-hybridized carbons (Fsp3) is 0.611. The van der Waals surface area contributed by atoms with Gasteiger partial charge in [-0.3, -0.25) is 9.69 Å². The summed E-state index contributed by atoms with van der Waals surface area (Å²) in [6, 6.07) is 7.58. The molecule has 0 radical (unpaired) electrons. The molecule has 0 aliphatic carbocycles. The van der Waals surface area contributed by atoms with Crippen molar-refractivity contribution in [3.8, 4) is 11.5 Å². The van der Waals surface area contributed by atoms with Crippen molar-refractivity contribution in [3.63, 3.8) is 0 Å². The minimum atomic E-state index is -0.162. The molecule has 0 aromatic heterocycles. The Hall–Kier alpha value is -1.83. The average molecular weight is 349 g/mol. The second kappa shape index (κ2) is 8.51. The summed E-state index contributed by atoms with van der Waals surface area (Å²) >= 11 is 0. The summed E-state index contributed by atoms with van der Waals surface area (Å²) < 4.78 is 17.3. The second-order valence-electron chi connectivity index (χ2n) is 6.79. The number of fused-ring (bicyclic) bond motifs is 1. The van der Waals surface area contributed by atoms with Gasteiger partial charge in [0.2, 0.25) is 5.91 Å². The van der Waals surface area contributed by atoms with Gasteiger partial charge in [-0.2, -0.15) is 0 Å². The number of carbonyl (C=O) groups is 1. The monoisotopic (exact) mass is 349 g/mol. The van der Waals surface area contributed by atoms with E-state index in [0.717, 1.165) is 31.1 Å². The molecule has 2 aliphatic heterocycles. The summed E-state index contributed by atoms with van der Waals surface area (Å²) in [7, 11) is 4.05. The number of morpholine rings is 1. The smallest absolute Gasteiger partial charge is 0.234 e. The van der Waals surface area contributed by atoms with E-state index in [1.807, 2.05) is 38.4 Å². The molecule has 0 unspecified atom stereocenters. The molecule has 1 saturated heterocycles. The number of hydrogen-bond acceptors (Lipinski definition) is 6. The zero-order chi connectivity index (χ0) is 17.6. The van der Waals surface area contributed by atoms with Gasteiger partial charge in [-0.15, -0.1) is 0 Å². The van der Waals surface area contributed by atoms with E-state index in [-0.39, 0.29) is 18.1 Å². The molecule has 2 aliphatic rings. The van der Waals surface area contributed by atoms with E-state index in [9.17, 15) is 4.79 Å². The van der Waals surface area contributed by atoms with Crippen molar-refractivity contribution in [1.29, 1.82) is 0 Å². The van der Waals surface area contributed by atoms with Crippen molar-refractivity contribution in [2.45, 2.75) is 12.2 Å². The number of amides is 1. The maximum atomic E-state index is 12.2. The van der Waals surface area contributed by atoms with Crippen LogP contribution in [0.25, 0.3) is 0 Å². The SMILES string of the molecule is CN(C)C[C@@H]1CN(CC(=O)NC[C@@H]2COc3ccccc3O2)CCO1. The van der Waals surface area contributed by atoms with Gasteiger partial charge in [0.15, 0.2) is 11.5 Å². The van der Waals surface area contributed by atoms with Crippen LogP contribution in [0.4, 0.5) is 0 Å². The number of para-hydroxylation sites is 2. The average Bonchev–Trinajstić information content (AvgIpc) is 2.59. The number of nitrogens with one attached hydrogen (secondary N) is 1. The molecule has 0 saturated carbocycles. The summed E-state index contributed by atoms with van der Waals surface area (Å²) in [4.78, 5) is 16.5. The predicted molar refractivity (Wildman–Crippen MR) is 94.1 cm³/mol. The molecule has 0 bridgehead atoms. The normalized spacial score (nSPS) is 23.5.